The van der Waals surface area contributed by atoms with Crippen molar-refractivity contribution in [2.75, 3.05) is 5.43 Å². The normalized spacial score (nSPS) is 13.6. The number of thiophene rings is 1. The molecule has 1 aliphatic heterocycles. The van der Waals surface area contributed by atoms with Gasteiger partial charge in [0.1, 0.15) is 11.2 Å². The molecule has 4 heterocycles. The second kappa shape index (κ2) is 4.42. The van der Waals surface area contributed by atoms with Crippen LogP contribution in [0.25, 0.3) is 10.2 Å². The number of nitrogens with zero attached hydrogens (tertiary/aromatic N) is 5. The molecule has 0 radical (unpaired) electrons. The Balaban J connectivity index is 1.68. The quantitative estimate of drug-likeness (QED) is 0.739. The van der Waals surface area contributed by atoms with Gasteiger partial charge in [0.15, 0.2) is 5.82 Å². The van der Waals surface area contributed by atoms with E-state index in [1.807, 2.05) is 11.4 Å². The van der Waals surface area contributed by atoms with Crippen LogP contribution in [0.2, 0.25) is 0 Å². The molecule has 21 heavy (non-hydrogen) atoms. The molecule has 1 aliphatic rings. The highest BCUT2D eigenvalue weighted by molar-refractivity contribution is 7.16. The Bertz CT molecular complexity index is 839. The molecule has 0 aliphatic carbocycles. The first-order valence-corrected chi connectivity index (χ1v) is 7.16. The molecular formula is C12H11N7OS. The first-order valence-electron chi connectivity index (χ1n) is 6.28. The van der Waals surface area contributed by atoms with Gasteiger partial charge in [-0.2, -0.15) is 9.89 Å². The molecule has 106 valence electrons. The van der Waals surface area contributed by atoms with Gasteiger partial charge in [0.2, 0.25) is 0 Å². The van der Waals surface area contributed by atoms with Crippen molar-refractivity contribution in [3.63, 3.8) is 0 Å². The van der Waals surface area contributed by atoms with E-state index in [0.29, 0.717) is 18.9 Å². The fourth-order valence-corrected chi connectivity index (χ4v) is 3.11. The van der Waals surface area contributed by atoms with Gasteiger partial charge in [-0.3, -0.25) is 5.43 Å². The molecule has 0 fully saturated rings. The highest BCUT2D eigenvalue weighted by Crippen LogP contribution is 2.26. The second-order valence-corrected chi connectivity index (χ2v) is 5.59. The number of anilines is 1. The average Bonchev–Trinajstić information content (AvgIpc) is 3.14. The molecule has 0 atom stereocenters. The minimum absolute atomic E-state index is 0.431. The standard InChI is InChI=1S/C12H11N7OS/c13-12(20)18-4-7-3-16-19(9(7)5-18)17-10-8-1-2-21-11(8)15-6-14-10/h1-3,6H,4-5H2,(H2,13,20)(H,14,15,17). The van der Waals surface area contributed by atoms with Crippen molar-refractivity contribution < 1.29 is 4.79 Å². The van der Waals surface area contributed by atoms with E-state index in [1.54, 1.807) is 27.2 Å². The third-order valence-corrected chi connectivity index (χ3v) is 4.26. The Morgan fingerprint density at radius 1 is 1.38 bits per heavy atom. The molecule has 0 saturated carbocycles. The molecule has 3 N–H and O–H groups in total. The maximum Gasteiger partial charge on any atom is 0.315 e. The number of nitrogens with two attached hydrogens (primary N) is 1. The van der Waals surface area contributed by atoms with E-state index in [0.717, 1.165) is 21.5 Å². The van der Waals surface area contributed by atoms with Crippen molar-refractivity contribution in [1.29, 1.82) is 0 Å². The molecule has 0 unspecified atom stereocenters. The van der Waals surface area contributed by atoms with Gasteiger partial charge in [0.05, 0.1) is 30.4 Å². The number of nitrogens with one attached hydrogen (secondary N) is 1. The lowest BCUT2D eigenvalue weighted by molar-refractivity contribution is 0.207. The highest BCUT2D eigenvalue weighted by atomic mass is 32.1. The van der Waals surface area contributed by atoms with Crippen LogP contribution >= 0.6 is 11.3 Å². The summed E-state index contributed by atoms with van der Waals surface area (Å²) in [6, 6.07) is 1.53. The SMILES string of the molecule is NC(=O)N1Cc2cnn(Nc3ncnc4sccc34)c2C1. The van der Waals surface area contributed by atoms with E-state index in [-0.39, 0.29) is 0 Å². The molecule has 3 aromatic rings. The Hall–Kier alpha value is -2.68. The van der Waals surface area contributed by atoms with Crippen molar-refractivity contribution in [2.45, 2.75) is 13.1 Å². The van der Waals surface area contributed by atoms with Crippen LogP contribution in [-0.2, 0) is 13.1 Å². The first kappa shape index (κ1) is 12.1. The third kappa shape index (κ3) is 1.89. The summed E-state index contributed by atoms with van der Waals surface area (Å²) in [5.41, 5.74) is 10.4. The van der Waals surface area contributed by atoms with Crippen LogP contribution in [0.4, 0.5) is 10.6 Å². The summed E-state index contributed by atoms with van der Waals surface area (Å²) in [6.07, 6.45) is 3.25. The summed E-state index contributed by atoms with van der Waals surface area (Å²) in [4.78, 5) is 23.8. The van der Waals surface area contributed by atoms with Gasteiger partial charge in [0, 0.05) is 5.56 Å². The van der Waals surface area contributed by atoms with Crippen LogP contribution in [0, 0.1) is 0 Å². The van der Waals surface area contributed by atoms with Gasteiger partial charge >= 0.3 is 6.03 Å². The lowest BCUT2D eigenvalue weighted by Gasteiger charge is -2.13. The number of amides is 2. The Kier molecular flexibility index (Phi) is 2.54. The van der Waals surface area contributed by atoms with Crippen molar-refractivity contribution >= 4 is 33.4 Å². The minimum Gasteiger partial charge on any atom is -0.351 e. The van der Waals surface area contributed by atoms with Gasteiger partial charge in [0.25, 0.3) is 0 Å². The van der Waals surface area contributed by atoms with Crippen molar-refractivity contribution in [2.24, 2.45) is 5.73 Å². The molecule has 0 bridgehead atoms. The van der Waals surface area contributed by atoms with Gasteiger partial charge in [-0.05, 0) is 11.4 Å². The maximum absolute atomic E-state index is 11.3. The Morgan fingerprint density at radius 2 is 2.29 bits per heavy atom. The molecule has 0 saturated heterocycles. The molecule has 4 rings (SSSR count). The number of rotatable bonds is 2. The van der Waals surface area contributed by atoms with Crippen molar-refractivity contribution in [3.8, 4) is 0 Å². The van der Waals surface area contributed by atoms with Crippen LogP contribution in [0.1, 0.15) is 11.3 Å². The van der Waals surface area contributed by atoms with Crippen LogP contribution in [0.3, 0.4) is 0 Å². The molecule has 9 heteroatoms. The lowest BCUT2D eigenvalue weighted by atomic mass is 10.3. The summed E-state index contributed by atoms with van der Waals surface area (Å²) in [7, 11) is 0. The summed E-state index contributed by atoms with van der Waals surface area (Å²) < 4.78 is 0. The zero-order valence-corrected chi connectivity index (χ0v) is 11.7. The van der Waals surface area contributed by atoms with Crippen LogP contribution in [-0.4, -0.2) is 30.8 Å². The van der Waals surface area contributed by atoms with Gasteiger partial charge in [-0.1, -0.05) is 0 Å². The highest BCUT2D eigenvalue weighted by Gasteiger charge is 2.26. The van der Waals surface area contributed by atoms with Gasteiger partial charge in [-0.15, -0.1) is 11.3 Å². The van der Waals surface area contributed by atoms with E-state index in [2.05, 4.69) is 20.5 Å². The van der Waals surface area contributed by atoms with Gasteiger partial charge < -0.3 is 10.6 Å². The predicted octanol–water partition coefficient (Wildman–Crippen LogP) is 1.16. The molecule has 8 nitrogen and oxygen atoms in total. The summed E-state index contributed by atoms with van der Waals surface area (Å²) >= 11 is 1.55. The number of carbonyl (C=O) groups excluding carboxylic acids is 1. The van der Waals surface area contributed by atoms with E-state index in [4.69, 9.17) is 5.73 Å². The fourth-order valence-electron chi connectivity index (χ4n) is 2.38. The van der Waals surface area contributed by atoms with E-state index < -0.39 is 6.03 Å². The van der Waals surface area contributed by atoms with Crippen molar-refractivity contribution in [3.05, 3.63) is 35.2 Å². The number of urea groups is 1. The van der Waals surface area contributed by atoms with Crippen LogP contribution in [0.5, 0.6) is 0 Å². The van der Waals surface area contributed by atoms with Crippen molar-refractivity contribution in [1.82, 2.24) is 24.8 Å². The minimum atomic E-state index is -0.431. The molecule has 2 amide bonds. The number of fused-ring (bicyclic) bond motifs is 2. The zero-order valence-electron chi connectivity index (χ0n) is 10.9. The molecule has 3 aromatic heterocycles. The molecular weight excluding hydrogens is 290 g/mol. The number of aromatic nitrogens is 4. The molecule has 0 aromatic carbocycles. The number of hydrogen-bond acceptors (Lipinski definition) is 6. The second-order valence-electron chi connectivity index (χ2n) is 4.70. The van der Waals surface area contributed by atoms with Crippen LogP contribution in [0.15, 0.2) is 24.0 Å². The van der Waals surface area contributed by atoms with E-state index >= 15 is 0 Å². The van der Waals surface area contributed by atoms with E-state index in [9.17, 15) is 4.79 Å². The summed E-state index contributed by atoms with van der Waals surface area (Å²) in [5.74, 6) is 0.685. The fraction of sp³-hybridized carbons (Fsp3) is 0.167. The number of hydrogen-bond donors (Lipinski definition) is 2. The first-order chi connectivity index (χ1) is 10.2. The smallest absolute Gasteiger partial charge is 0.315 e. The Labute approximate surface area is 123 Å². The number of primary amides is 1. The lowest BCUT2D eigenvalue weighted by Crippen LogP contribution is -2.31. The van der Waals surface area contributed by atoms with E-state index in [1.165, 1.54) is 6.33 Å². The average molecular weight is 301 g/mol. The summed E-state index contributed by atoms with van der Waals surface area (Å²) in [5, 5.41) is 7.19. The summed E-state index contributed by atoms with van der Waals surface area (Å²) in [6.45, 7) is 0.930. The maximum atomic E-state index is 11.3. The topological polar surface area (TPSA) is 102 Å². The monoisotopic (exact) mass is 301 g/mol. The van der Waals surface area contributed by atoms with Crippen LogP contribution < -0.4 is 11.2 Å². The predicted molar refractivity (Wildman–Crippen MR) is 77.5 cm³/mol. The number of carbonyl (C=O) groups is 1. The van der Waals surface area contributed by atoms with Gasteiger partial charge in [-0.25, -0.2) is 14.8 Å². The zero-order chi connectivity index (χ0) is 14.4. The molecule has 0 spiro atoms. The Morgan fingerprint density at radius 3 is 3.14 bits per heavy atom. The largest absolute Gasteiger partial charge is 0.351 e. The third-order valence-electron chi connectivity index (χ3n) is 3.44.